The molecule has 1 N–H and O–H groups in total. The van der Waals surface area contributed by atoms with Gasteiger partial charge in [0.2, 0.25) is 4.77 Å². The third-order valence-electron chi connectivity index (χ3n) is 4.29. The average Bonchev–Trinajstić information content (AvgIpc) is 3.26. The second kappa shape index (κ2) is 5.61. The van der Waals surface area contributed by atoms with Gasteiger partial charge in [0, 0.05) is 10.9 Å². The van der Waals surface area contributed by atoms with Gasteiger partial charge >= 0.3 is 0 Å². The highest BCUT2D eigenvalue weighted by Crippen LogP contribution is 2.35. The van der Waals surface area contributed by atoms with Crippen LogP contribution in [0.4, 0.5) is 0 Å². The van der Waals surface area contributed by atoms with Crippen molar-refractivity contribution in [3.8, 4) is 22.3 Å². The van der Waals surface area contributed by atoms with Crippen LogP contribution in [0.5, 0.6) is 0 Å². The van der Waals surface area contributed by atoms with Crippen molar-refractivity contribution >= 4 is 39.4 Å². The predicted octanol–water partition coefficient (Wildman–Crippen LogP) is 5.34. The van der Waals surface area contributed by atoms with Crippen molar-refractivity contribution in [2.75, 3.05) is 0 Å². The first-order chi connectivity index (χ1) is 12.3. The van der Waals surface area contributed by atoms with E-state index >= 15 is 0 Å². The maximum Gasteiger partial charge on any atom is 0.200 e. The molecule has 25 heavy (non-hydrogen) atoms. The predicted molar refractivity (Wildman–Crippen MR) is 104 cm³/mol. The Morgan fingerprint density at radius 1 is 0.920 bits per heavy atom. The van der Waals surface area contributed by atoms with E-state index in [1.165, 1.54) is 11.1 Å². The molecule has 0 aliphatic heterocycles. The molecule has 2 aromatic carbocycles. The monoisotopic (exact) mass is 360 g/mol. The summed E-state index contributed by atoms with van der Waals surface area (Å²) in [7, 11) is 0. The first-order valence-electron chi connectivity index (χ1n) is 7.80. The molecule has 0 fully saturated rings. The van der Waals surface area contributed by atoms with Crippen LogP contribution in [0.15, 0.2) is 66.3 Å². The van der Waals surface area contributed by atoms with Crippen molar-refractivity contribution in [1.29, 1.82) is 0 Å². The Labute approximate surface area is 152 Å². The van der Waals surface area contributed by atoms with Gasteiger partial charge < -0.3 is 0 Å². The molecule has 0 atom stereocenters. The van der Waals surface area contributed by atoms with Gasteiger partial charge in [0.05, 0.1) is 5.39 Å². The Morgan fingerprint density at radius 2 is 1.64 bits per heavy atom. The van der Waals surface area contributed by atoms with Crippen LogP contribution in [0.2, 0.25) is 0 Å². The van der Waals surface area contributed by atoms with Crippen LogP contribution in [-0.2, 0) is 0 Å². The van der Waals surface area contributed by atoms with Crippen molar-refractivity contribution in [3.63, 3.8) is 0 Å². The summed E-state index contributed by atoms with van der Waals surface area (Å²) in [5.74, 6) is 0. The van der Waals surface area contributed by atoms with Crippen LogP contribution in [-0.4, -0.2) is 19.6 Å². The number of nitrogens with zero attached hydrogens (tertiary/aromatic N) is 3. The summed E-state index contributed by atoms with van der Waals surface area (Å²) < 4.78 is 2.37. The minimum Gasteiger partial charge on any atom is -0.258 e. The first-order valence-corrected chi connectivity index (χ1v) is 9.09. The highest BCUT2D eigenvalue weighted by molar-refractivity contribution is 7.71. The molecule has 5 rings (SSSR count). The fourth-order valence-electron chi connectivity index (χ4n) is 3.04. The number of benzene rings is 2. The second-order valence-corrected chi connectivity index (χ2v) is 6.98. The summed E-state index contributed by atoms with van der Waals surface area (Å²) in [5.41, 5.74) is 5.51. The van der Waals surface area contributed by atoms with Gasteiger partial charge in [-0.1, -0.05) is 54.6 Å². The third-order valence-corrected chi connectivity index (χ3v) is 5.47. The van der Waals surface area contributed by atoms with Crippen molar-refractivity contribution in [1.82, 2.24) is 19.6 Å². The summed E-state index contributed by atoms with van der Waals surface area (Å²) in [6.07, 6.45) is 1.72. The zero-order valence-corrected chi connectivity index (χ0v) is 14.6. The molecule has 0 unspecified atom stereocenters. The van der Waals surface area contributed by atoms with Gasteiger partial charge in [-0.2, -0.15) is 5.10 Å². The van der Waals surface area contributed by atoms with E-state index in [1.54, 1.807) is 17.7 Å². The fourth-order valence-corrected chi connectivity index (χ4v) is 4.13. The smallest absolute Gasteiger partial charge is 0.200 e. The number of aromatic nitrogens is 4. The van der Waals surface area contributed by atoms with Gasteiger partial charge in [0.15, 0.2) is 5.65 Å². The number of fused-ring (bicyclic) bond motifs is 3. The first kappa shape index (κ1) is 14.5. The number of hydrogen-bond acceptors (Lipinski definition) is 4. The van der Waals surface area contributed by atoms with E-state index < -0.39 is 0 Å². The average molecular weight is 360 g/mol. The van der Waals surface area contributed by atoms with E-state index in [1.807, 2.05) is 10.5 Å². The van der Waals surface area contributed by atoms with Gasteiger partial charge in [-0.15, -0.1) is 11.3 Å². The maximum absolute atomic E-state index is 5.26. The molecule has 0 saturated carbocycles. The highest BCUT2D eigenvalue weighted by Gasteiger charge is 2.13. The van der Waals surface area contributed by atoms with Crippen molar-refractivity contribution in [2.24, 2.45) is 0 Å². The van der Waals surface area contributed by atoms with Crippen LogP contribution < -0.4 is 0 Å². The van der Waals surface area contributed by atoms with Crippen molar-refractivity contribution in [3.05, 3.63) is 71.1 Å². The zero-order chi connectivity index (χ0) is 16.8. The highest BCUT2D eigenvalue weighted by atomic mass is 32.1. The lowest BCUT2D eigenvalue weighted by Gasteiger charge is -2.04. The Balaban J connectivity index is 1.68. The normalized spacial score (nSPS) is 11.4. The maximum atomic E-state index is 5.26. The van der Waals surface area contributed by atoms with Crippen LogP contribution >= 0.6 is 23.6 Å². The minimum absolute atomic E-state index is 0.556. The summed E-state index contributed by atoms with van der Waals surface area (Å²) in [4.78, 5) is 5.47. The zero-order valence-electron chi connectivity index (χ0n) is 13.0. The fraction of sp³-hybridized carbons (Fsp3) is 0. The molecular formula is C19H12N4S2. The molecule has 5 aromatic rings. The molecule has 6 heteroatoms. The molecule has 3 heterocycles. The molecule has 0 spiro atoms. The molecule has 4 nitrogen and oxygen atoms in total. The standard InChI is InChI=1S/C19H12N4S2/c24-19-22-21-17-16-15(10-25-18(16)20-11-23(17)19)14-8-6-13(7-9-14)12-4-2-1-3-5-12/h1-11H,(H,22,24). The van der Waals surface area contributed by atoms with E-state index in [-0.39, 0.29) is 0 Å². The Kier molecular flexibility index (Phi) is 3.26. The molecule has 0 bridgehead atoms. The lowest BCUT2D eigenvalue weighted by Crippen LogP contribution is -1.88. The SMILES string of the molecule is S=c1[nH]nc2c3c(-c4ccc(-c5ccccc5)cc4)csc3ncn12. The number of nitrogens with one attached hydrogen (secondary N) is 1. The second-order valence-electron chi connectivity index (χ2n) is 5.74. The van der Waals surface area contributed by atoms with Gasteiger partial charge in [0.25, 0.3) is 0 Å². The Morgan fingerprint density at radius 3 is 2.44 bits per heavy atom. The number of rotatable bonds is 2. The molecule has 120 valence electrons. The van der Waals surface area contributed by atoms with Crippen LogP contribution in [0, 0.1) is 4.77 Å². The lowest BCUT2D eigenvalue weighted by molar-refractivity contribution is 1.06. The van der Waals surface area contributed by atoms with E-state index in [0.29, 0.717) is 4.77 Å². The van der Waals surface area contributed by atoms with E-state index in [4.69, 9.17) is 12.2 Å². The quantitative estimate of drug-likeness (QED) is 0.433. The van der Waals surface area contributed by atoms with Gasteiger partial charge in [-0.3, -0.25) is 9.50 Å². The van der Waals surface area contributed by atoms with E-state index in [0.717, 1.165) is 27.0 Å². The van der Waals surface area contributed by atoms with Gasteiger partial charge in [-0.05, 0) is 28.9 Å². The molecule has 3 aromatic heterocycles. The number of aromatic amines is 1. The number of thiophene rings is 1. The Bertz CT molecular complexity index is 1250. The molecule has 0 amide bonds. The lowest BCUT2D eigenvalue weighted by atomic mass is 10.0. The molecule has 0 saturated heterocycles. The molecule has 0 radical (unpaired) electrons. The number of H-pyrrole nitrogens is 1. The summed E-state index contributed by atoms with van der Waals surface area (Å²) in [5, 5.41) is 10.4. The molecular weight excluding hydrogens is 348 g/mol. The molecule has 0 aliphatic carbocycles. The summed E-state index contributed by atoms with van der Waals surface area (Å²) in [6.45, 7) is 0. The Hall–Kier alpha value is -2.83. The van der Waals surface area contributed by atoms with Crippen LogP contribution in [0.3, 0.4) is 0 Å². The summed E-state index contributed by atoms with van der Waals surface area (Å²) in [6, 6.07) is 19.0. The topological polar surface area (TPSA) is 46.0 Å². The van der Waals surface area contributed by atoms with Gasteiger partial charge in [-0.25, -0.2) is 4.98 Å². The third kappa shape index (κ3) is 2.30. The summed E-state index contributed by atoms with van der Waals surface area (Å²) >= 11 is 6.88. The van der Waals surface area contributed by atoms with Crippen LogP contribution in [0.1, 0.15) is 0 Å². The molecule has 0 aliphatic rings. The minimum atomic E-state index is 0.556. The van der Waals surface area contributed by atoms with E-state index in [9.17, 15) is 0 Å². The van der Waals surface area contributed by atoms with Crippen molar-refractivity contribution < 1.29 is 0 Å². The van der Waals surface area contributed by atoms with Gasteiger partial charge in [0.1, 0.15) is 11.2 Å². The van der Waals surface area contributed by atoms with E-state index in [2.05, 4.69) is 69.1 Å². The largest absolute Gasteiger partial charge is 0.258 e. The van der Waals surface area contributed by atoms with Crippen molar-refractivity contribution in [2.45, 2.75) is 0 Å². The number of hydrogen-bond donors (Lipinski definition) is 1. The van der Waals surface area contributed by atoms with Crippen LogP contribution in [0.25, 0.3) is 38.1 Å².